The van der Waals surface area contributed by atoms with Crippen LogP contribution >= 0.6 is 0 Å². The summed E-state index contributed by atoms with van der Waals surface area (Å²) < 4.78 is 5.34. The summed E-state index contributed by atoms with van der Waals surface area (Å²) in [6.07, 6.45) is 6.56. The molecule has 0 spiro atoms. The minimum atomic E-state index is 0.124. The third-order valence-corrected chi connectivity index (χ3v) is 8.01. The van der Waals surface area contributed by atoms with Crippen molar-refractivity contribution in [1.82, 2.24) is 19.8 Å². The van der Waals surface area contributed by atoms with Gasteiger partial charge in [0.1, 0.15) is 11.4 Å². The highest BCUT2D eigenvalue weighted by atomic mass is 16.5. The molecule has 7 heteroatoms. The maximum atomic E-state index is 13.5. The van der Waals surface area contributed by atoms with E-state index >= 15 is 0 Å². The number of benzene rings is 2. The highest BCUT2D eigenvalue weighted by molar-refractivity contribution is 5.98. The lowest BCUT2D eigenvalue weighted by Gasteiger charge is -2.39. The van der Waals surface area contributed by atoms with Crippen LogP contribution in [0.2, 0.25) is 0 Å². The Kier molecular flexibility index (Phi) is 6.32. The molecular weight excluding hydrogens is 450 g/mol. The number of hydrogen-bond donors (Lipinski definition) is 2. The molecule has 7 nitrogen and oxygen atoms in total. The van der Waals surface area contributed by atoms with Gasteiger partial charge in [0.25, 0.3) is 5.91 Å². The van der Waals surface area contributed by atoms with Crippen molar-refractivity contribution in [2.75, 3.05) is 51.3 Å². The molecule has 4 aromatic rings. The summed E-state index contributed by atoms with van der Waals surface area (Å²) in [6, 6.07) is 16.7. The number of ether oxygens (including phenoxy) is 1. The van der Waals surface area contributed by atoms with Gasteiger partial charge in [0.15, 0.2) is 0 Å². The first kappa shape index (κ1) is 23.0. The number of carbonyl (C=O) groups excluding carboxylic acids is 1. The number of hydrogen-bond acceptors (Lipinski definition) is 4. The van der Waals surface area contributed by atoms with Gasteiger partial charge < -0.3 is 24.5 Å². The number of likely N-dealkylation sites (tertiary alicyclic amines) is 1. The van der Waals surface area contributed by atoms with E-state index in [0.29, 0.717) is 11.7 Å². The summed E-state index contributed by atoms with van der Waals surface area (Å²) in [5.41, 5.74) is 4.13. The van der Waals surface area contributed by atoms with Gasteiger partial charge >= 0.3 is 0 Å². The van der Waals surface area contributed by atoms with Crippen LogP contribution in [-0.2, 0) is 0 Å². The molecule has 0 radical (unpaired) electrons. The van der Waals surface area contributed by atoms with Gasteiger partial charge in [-0.3, -0.25) is 9.69 Å². The molecule has 1 amide bonds. The molecule has 1 atom stereocenters. The molecule has 0 saturated carbocycles. The van der Waals surface area contributed by atoms with Crippen LogP contribution in [0.1, 0.15) is 36.2 Å². The molecule has 188 valence electrons. The maximum Gasteiger partial charge on any atom is 0.270 e. The lowest BCUT2D eigenvalue weighted by atomic mass is 9.98. The molecule has 6 rings (SSSR count). The summed E-state index contributed by atoms with van der Waals surface area (Å²) in [5, 5.41) is 2.35. The predicted molar refractivity (Wildman–Crippen MR) is 145 cm³/mol. The highest BCUT2D eigenvalue weighted by Crippen LogP contribution is 2.28. The zero-order valence-corrected chi connectivity index (χ0v) is 21.0. The fourth-order valence-electron chi connectivity index (χ4n) is 5.93. The van der Waals surface area contributed by atoms with Crippen LogP contribution in [0.5, 0.6) is 5.75 Å². The number of rotatable bonds is 6. The van der Waals surface area contributed by atoms with Crippen molar-refractivity contribution in [3.05, 3.63) is 60.4 Å². The molecule has 2 aliphatic rings. The van der Waals surface area contributed by atoms with Crippen LogP contribution in [0.3, 0.4) is 0 Å². The topological polar surface area (TPSA) is 67.6 Å². The number of piperazine rings is 1. The SMILES string of the molecule is COc1ccc2cc(C(=O)N3CCCC[C@H]3CCN3CCN(c4c[nH]c5ccccc45)CC3)[nH]c2c1. The van der Waals surface area contributed by atoms with Crippen molar-refractivity contribution < 1.29 is 9.53 Å². The van der Waals surface area contributed by atoms with Gasteiger partial charge in [0.2, 0.25) is 0 Å². The Morgan fingerprint density at radius 3 is 2.72 bits per heavy atom. The lowest BCUT2D eigenvalue weighted by Crippen LogP contribution is -2.49. The number of fused-ring (bicyclic) bond motifs is 2. The van der Waals surface area contributed by atoms with Crippen molar-refractivity contribution >= 4 is 33.4 Å². The van der Waals surface area contributed by atoms with E-state index < -0.39 is 0 Å². The average Bonchev–Trinajstić information content (AvgIpc) is 3.56. The van der Waals surface area contributed by atoms with E-state index in [1.807, 2.05) is 24.3 Å². The van der Waals surface area contributed by atoms with Crippen LogP contribution in [0.15, 0.2) is 54.7 Å². The van der Waals surface area contributed by atoms with E-state index in [0.717, 1.165) is 75.2 Å². The number of piperidine rings is 1. The number of carbonyl (C=O) groups is 1. The minimum absolute atomic E-state index is 0.124. The number of H-pyrrole nitrogens is 2. The summed E-state index contributed by atoms with van der Waals surface area (Å²) in [4.78, 5) is 27.4. The molecule has 2 saturated heterocycles. The number of aromatic nitrogens is 2. The van der Waals surface area contributed by atoms with Gasteiger partial charge in [0.05, 0.1) is 12.8 Å². The zero-order chi connectivity index (χ0) is 24.5. The predicted octanol–water partition coefficient (Wildman–Crippen LogP) is 4.86. The number of nitrogens with one attached hydrogen (secondary N) is 2. The molecule has 2 N–H and O–H groups in total. The van der Waals surface area contributed by atoms with E-state index in [-0.39, 0.29) is 5.91 Å². The van der Waals surface area contributed by atoms with Gasteiger partial charge in [-0.25, -0.2) is 0 Å². The molecular formula is C29H35N5O2. The third-order valence-electron chi connectivity index (χ3n) is 8.01. The number of anilines is 1. The smallest absolute Gasteiger partial charge is 0.270 e. The Balaban J connectivity index is 1.07. The largest absolute Gasteiger partial charge is 0.497 e. The second-order valence-corrected chi connectivity index (χ2v) is 10.1. The van der Waals surface area contributed by atoms with Crippen LogP contribution in [0.25, 0.3) is 21.8 Å². The maximum absolute atomic E-state index is 13.5. The first-order valence-electron chi connectivity index (χ1n) is 13.2. The Labute approximate surface area is 212 Å². The molecule has 4 heterocycles. The lowest BCUT2D eigenvalue weighted by molar-refractivity contribution is 0.0577. The number of aromatic amines is 2. The summed E-state index contributed by atoms with van der Waals surface area (Å²) in [5.74, 6) is 0.919. The van der Waals surface area contributed by atoms with Gasteiger partial charge in [-0.1, -0.05) is 18.2 Å². The normalized spacial score (nSPS) is 19.3. The average molecular weight is 486 g/mol. The van der Waals surface area contributed by atoms with Crippen LogP contribution in [-0.4, -0.2) is 78.1 Å². The van der Waals surface area contributed by atoms with Crippen molar-refractivity contribution in [2.24, 2.45) is 0 Å². The molecule has 0 bridgehead atoms. The van der Waals surface area contributed by atoms with Crippen molar-refractivity contribution in [2.45, 2.75) is 31.7 Å². The molecule has 0 aliphatic carbocycles. The van der Waals surface area contributed by atoms with Gasteiger partial charge in [-0.15, -0.1) is 0 Å². The zero-order valence-electron chi connectivity index (χ0n) is 21.0. The summed E-state index contributed by atoms with van der Waals surface area (Å²) in [6.45, 7) is 6.08. The van der Waals surface area contributed by atoms with Crippen molar-refractivity contribution in [3.8, 4) is 5.75 Å². The Morgan fingerprint density at radius 1 is 1.00 bits per heavy atom. The Hall–Kier alpha value is -3.45. The molecule has 2 aromatic carbocycles. The van der Waals surface area contributed by atoms with E-state index in [1.165, 1.54) is 23.0 Å². The minimum Gasteiger partial charge on any atom is -0.497 e. The van der Waals surface area contributed by atoms with E-state index in [2.05, 4.69) is 55.1 Å². The second kappa shape index (κ2) is 9.90. The van der Waals surface area contributed by atoms with E-state index in [1.54, 1.807) is 7.11 Å². The van der Waals surface area contributed by atoms with Crippen LogP contribution in [0.4, 0.5) is 5.69 Å². The van der Waals surface area contributed by atoms with Gasteiger partial charge in [-0.05, 0) is 49.9 Å². The number of nitrogens with zero attached hydrogens (tertiary/aromatic N) is 3. The highest BCUT2D eigenvalue weighted by Gasteiger charge is 2.29. The second-order valence-electron chi connectivity index (χ2n) is 10.1. The monoisotopic (exact) mass is 485 g/mol. The van der Waals surface area contributed by atoms with Crippen molar-refractivity contribution in [3.63, 3.8) is 0 Å². The van der Waals surface area contributed by atoms with Crippen LogP contribution in [0, 0.1) is 0 Å². The number of methoxy groups -OCH3 is 1. The molecule has 36 heavy (non-hydrogen) atoms. The summed E-state index contributed by atoms with van der Waals surface area (Å²) >= 11 is 0. The van der Waals surface area contributed by atoms with E-state index in [9.17, 15) is 4.79 Å². The number of amides is 1. The molecule has 2 aromatic heterocycles. The van der Waals surface area contributed by atoms with Gasteiger partial charge in [0, 0.05) is 79.4 Å². The number of para-hydroxylation sites is 1. The standard InChI is InChI=1S/C29H35N5O2/c1-36-23-10-9-21-18-27(31-26(21)19-23)29(35)34-12-5-4-6-22(34)11-13-32-14-16-33(17-15-32)28-20-30-25-8-3-2-7-24(25)28/h2-3,7-10,18-20,22,30-31H,4-6,11-17H2,1H3/t22-/m0/s1. The first-order valence-corrected chi connectivity index (χ1v) is 13.2. The molecule has 0 unspecified atom stereocenters. The van der Waals surface area contributed by atoms with Crippen molar-refractivity contribution in [1.29, 1.82) is 0 Å². The third kappa shape index (κ3) is 4.44. The fraction of sp³-hybridized carbons (Fsp3) is 0.414. The molecule has 2 fully saturated rings. The quantitative estimate of drug-likeness (QED) is 0.409. The van der Waals surface area contributed by atoms with Gasteiger partial charge in [-0.2, -0.15) is 0 Å². The molecule has 2 aliphatic heterocycles. The first-order chi connectivity index (χ1) is 17.7. The summed E-state index contributed by atoms with van der Waals surface area (Å²) in [7, 11) is 1.66. The van der Waals surface area contributed by atoms with E-state index in [4.69, 9.17) is 4.74 Å². The Morgan fingerprint density at radius 2 is 1.86 bits per heavy atom. The van der Waals surface area contributed by atoms with Crippen LogP contribution < -0.4 is 9.64 Å². The fourth-order valence-corrected chi connectivity index (χ4v) is 5.93. The Bertz CT molecular complexity index is 1350.